The lowest BCUT2D eigenvalue weighted by Gasteiger charge is -2.16. The summed E-state index contributed by atoms with van der Waals surface area (Å²) in [5.41, 5.74) is 0. The molecule has 0 aromatic rings. The Labute approximate surface area is 61.7 Å². The van der Waals surface area contributed by atoms with Crippen LogP contribution < -0.4 is 5.32 Å². The summed E-state index contributed by atoms with van der Waals surface area (Å²) in [6.45, 7) is 1.80. The number of ether oxygens (including phenoxy) is 2. The first-order valence-electron chi connectivity index (χ1n) is 3.63. The van der Waals surface area contributed by atoms with Crippen LogP contribution in [0.5, 0.6) is 0 Å². The molecule has 0 saturated carbocycles. The fraction of sp³-hybridized carbons (Fsp3) is 1.00. The van der Waals surface area contributed by atoms with Gasteiger partial charge in [0.05, 0.1) is 18.8 Å². The lowest BCUT2D eigenvalue weighted by molar-refractivity contribution is 0.0579. The van der Waals surface area contributed by atoms with Crippen LogP contribution in [0.2, 0.25) is 0 Å². The number of nitrogens with one attached hydrogen (secondary N) is 1. The first-order chi connectivity index (χ1) is 4.88. The van der Waals surface area contributed by atoms with Crippen molar-refractivity contribution in [3.63, 3.8) is 0 Å². The van der Waals surface area contributed by atoms with Crippen molar-refractivity contribution in [3.05, 3.63) is 0 Å². The molecule has 1 aliphatic rings. The molecule has 3 heteroatoms. The van der Waals surface area contributed by atoms with Gasteiger partial charge in [-0.3, -0.25) is 0 Å². The topological polar surface area (TPSA) is 30.5 Å². The van der Waals surface area contributed by atoms with Crippen molar-refractivity contribution < 1.29 is 9.47 Å². The Morgan fingerprint density at radius 1 is 1.50 bits per heavy atom. The van der Waals surface area contributed by atoms with Gasteiger partial charge in [0.15, 0.2) is 0 Å². The van der Waals surface area contributed by atoms with Crippen LogP contribution in [0.15, 0.2) is 0 Å². The molecule has 0 aromatic heterocycles. The van der Waals surface area contributed by atoms with Crippen LogP contribution in [0.4, 0.5) is 0 Å². The molecule has 0 bridgehead atoms. The third-order valence-electron chi connectivity index (χ3n) is 1.93. The molecular formula is C7H15NO2. The van der Waals surface area contributed by atoms with E-state index in [0.29, 0.717) is 12.1 Å². The monoisotopic (exact) mass is 145 g/mol. The van der Waals surface area contributed by atoms with Gasteiger partial charge in [0.25, 0.3) is 0 Å². The molecule has 0 radical (unpaired) electrons. The lowest BCUT2D eigenvalue weighted by Crippen LogP contribution is -2.35. The third-order valence-corrected chi connectivity index (χ3v) is 1.93. The minimum atomic E-state index is 0.347. The zero-order valence-electron chi connectivity index (χ0n) is 6.59. The van der Waals surface area contributed by atoms with Crippen molar-refractivity contribution in [2.75, 3.05) is 27.4 Å². The Kier molecular flexibility index (Phi) is 3.12. The third kappa shape index (κ3) is 1.68. The normalized spacial score (nSPS) is 33.0. The van der Waals surface area contributed by atoms with Crippen molar-refractivity contribution in [2.24, 2.45) is 0 Å². The van der Waals surface area contributed by atoms with E-state index in [1.165, 1.54) is 0 Å². The predicted molar refractivity (Wildman–Crippen MR) is 39.1 cm³/mol. The first kappa shape index (κ1) is 7.98. The molecule has 3 nitrogen and oxygen atoms in total. The second-order valence-electron chi connectivity index (χ2n) is 2.58. The van der Waals surface area contributed by atoms with Gasteiger partial charge in [0.1, 0.15) is 0 Å². The van der Waals surface area contributed by atoms with Crippen LogP contribution >= 0.6 is 0 Å². The van der Waals surface area contributed by atoms with Crippen molar-refractivity contribution >= 4 is 0 Å². The Bertz CT molecular complexity index is 97.6. The van der Waals surface area contributed by atoms with Gasteiger partial charge in [-0.1, -0.05) is 0 Å². The maximum absolute atomic E-state index is 5.23. The summed E-state index contributed by atoms with van der Waals surface area (Å²) in [5, 5.41) is 3.31. The lowest BCUT2D eigenvalue weighted by atomic mass is 10.2. The Morgan fingerprint density at radius 3 is 2.90 bits per heavy atom. The summed E-state index contributed by atoms with van der Waals surface area (Å²) in [6.07, 6.45) is 1.45. The molecule has 1 saturated heterocycles. The molecule has 0 spiro atoms. The van der Waals surface area contributed by atoms with E-state index in [2.05, 4.69) is 5.32 Å². The van der Waals surface area contributed by atoms with Crippen LogP contribution in [-0.2, 0) is 9.47 Å². The summed E-state index contributed by atoms with van der Waals surface area (Å²) in [5.74, 6) is 0. The Hall–Kier alpha value is -0.120. The van der Waals surface area contributed by atoms with Crippen LogP contribution in [0.1, 0.15) is 6.42 Å². The molecule has 1 fully saturated rings. The van der Waals surface area contributed by atoms with Gasteiger partial charge >= 0.3 is 0 Å². The summed E-state index contributed by atoms with van der Waals surface area (Å²) in [6, 6.07) is 0.398. The minimum Gasteiger partial charge on any atom is -0.383 e. The van der Waals surface area contributed by atoms with Gasteiger partial charge in [-0.05, 0) is 13.0 Å². The van der Waals surface area contributed by atoms with Crippen LogP contribution in [-0.4, -0.2) is 39.5 Å². The van der Waals surface area contributed by atoms with Crippen molar-refractivity contribution in [3.8, 4) is 0 Å². The average molecular weight is 145 g/mol. The number of methoxy groups -OCH3 is 2. The van der Waals surface area contributed by atoms with E-state index in [0.717, 1.165) is 19.6 Å². The fourth-order valence-corrected chi connectivity index (χ4v) is 1.37. The van der Waals surface area contributed by atoms with Crippen LogP contribution in [0, 0.1) is 0 Å². The second-order valence-corrected chi connectivity index (χ2v) is 2.58. The van der Waals surface area contributed by atoms with E-state index < -0.39 is 0 Å². The highest BCUT2D eigenvalue weighted by Crippen LogP contribution is 2.09. The van der Waals surface area contributed by atoms with Crippen molar-refractivity contribution in [1.82, 2.24) is 5.32 Å². The van der Waals surface area contributed by atoms with E-state index in [1.807, 2.05) is 0 Å². The molecule has 60 valence electrons. The first-order valence-corrected chi connectivity index (χ1v) is 3.63. The summed E-state index contributed by atoms with van der Waals surface area (Å²) in [4.78, 5) is 0. The summed E-state index contributed by atoms with van der Waals surface area (Å²) >= 11 is 0. The minimum absolute atomic E-state index is 0.347. The zero-order chi connectivity index (χ0) is 7.40. The summed E-state index contributed by atoms with van der Waals surface area (Å²) in [7, 11) is 3.47. The maximum atomic E-state index is 5.23. The van der Waals surface area contributed by atoms with E-state index in [-0.39, 0.29) is 0 Å². The summed E-state index contributed by atoms with van der Waals surface area (Å²) < 4.78 is 10.2. The quantitative estimate of drug-likeness (QED) is 0.607. The van der Waals surface area contributed by atoms with E-state index in [1.54, 1.807) is 14.2 Å². The smallest absolute Gasteiger partial charge is 0.0758 e. The molecule has 1 aliphatic heterocycles. The van der Waals surface area contributed by atoms with Crippen LogP contribution in [0.25, 0.3) is 0 Å². The highest BCUT2D eigenvalue weighted by molar-refractivity contribution is 4.83. The van der Waals surface area contributed by atoms with Gasteiger partial charge < -0.3 is 14.8 Å². The van der Waals surface area contributed by atoms with Crippen molar-refractivity contribution in [1.29, 1.82) is 0 Å². The van der Waals surface area contributed by atoms with Crippen molar-refractivity contribution in [2.45, 2.75) is 18.6 Å². The SMILES string of the molecule is COC[C@@H]1NCCC1OC. The molecule has 1 N–H and O–H groups in total. The molecule has 10 heavy (non-hydrogen) atoms. The highest BCUT2D eigenvalue weighted by atomic mass is 16.5. The highest BCUT2D eigenvalue weighted by Gasteiger charge is 2.25. The Balaban J connectivity index is 2.27. The molecule has 1 rings (SSSR count). The largest absolute Gasteiger partial charge is 0.383 e. The molecule has 1 unspecified atom stereocenters. The molecule has 0 aliphatic carbocycles. The van der Waals surface area contributed by atoms with E-state index in [4.69, 9.17) is 9.47 Å². The maximum Gasteiger partial charge on any atom is 0.0758 e. The predicted octanol–water partition coefficient (Wildman–Crippen LogP) is 0.00970. The molecule has 2 atom stereocenters. The second kappa shape index (κ2) is 3.91. The molecule has 0 amide bonds. The van der Waals surface area contributed by atoms with Gasteiger partial charge in [-0.25, -0.2) is 0 Å². The van der Waals surface area contributed by atoms with E-state index >= 15 is 0 Å². The fourth-order valence-electron chi connectivity index (χ4n) is 1.37. The zero-order valence-corrected chi connectivity index (χ0v) is 6.59. The molecular weight excluding hydrogens is 130 g/mol. The average Bonchev–Trinajstić information content (AvgIpc) is 2.36. The van der Waals surface area contributed by atoms with Gasteiger partial charge in [-0.2, -0.15) is 0 Å². The van der Waals surface area contributed by atoms with Gasteiger partial charge in [-0.15, -0.1) is 0 Å². The Morgan fingerprint density at radius 2 is 2.30 bits per heavy atom. The van der Waals surface area contributed by atoms with Gasteiger partial charge in [0.2, 0.25) is 0 Å². The van der Waals surface area contributed by atoms with Crippen LogP contribution in [0.3, 0.4) is 0 Å². The van der Waals surface area contributed by atoms with Gasteiger partial charge in [0, 0.05) is 14.2 Å². The standard InChI is InChI=1S/C7H15NO2/c1-9-5-6-7(10-2)3-4-8-6/h6-8H,3-5H2,1-2H3/t6-,7?/m0/s1. The number of hydrogen-bond acceptors (Lipinski definition) is 3. The number of rotatable bonds is 3. The number of hydrogen-bond donors (Lipinski definition) is 1. The molecule has 0 aromatic carbocycles. The van der Waals surface area contributed by atoms with E-state index in [9.17, 15) is 0 Å². The molecule has 1 heterocycles.